The van der Waals surface area contributed by atoms with Gasteiger partial charge in [-0.2, -0.15) is 0 Å². The number of aliphatic carboxylic acids is 1. The van der Waals surface area contributed by atoms with E-state index in [-0.39, 0.29) is 11.8 Å². The van der Waals surface area contributed by atoms with Crippen LogP contribution in [0.2, 0.25) is 0 Å². The molecular weight excluding hydrogens is 238 g/mol. The number of carbonyl (C=O) groups is 1. The number of hydrogen-bond donors (Lipinski definition) is 1. The minimum atomic E-state index is -1.52. The van der Waals surface area contributed by atoms with Crippen molar-refractivity contribution < 1.29 is 19.4 Å². The predicted octanol–water partition coefficient (Wildman–Crippen LogP) is 0.740. The molecule has 0 saturated heterocycles. The molecule has 2 aromatic rings. The van der Waals surface area contributed by atoms with Crippen LogP contribution in [0.15, 0.2) is 43.0 Å². The van der Waals surface area contributed by atoms with Gasteiger partial charge in [0.25, 0.3) is 0 Å². The van der Waals surface area contributed by atoms with E-state index in [0.717, 1.165) is 0 Å². The number of carboxylic acids is 1. The Hall–Kier alpha value is -2.70. The van der Waals surface area contributed by atoms with E-state index in [4.69, 9.17) is 14.6 Å². The number of pyridine rings is 1. The standard InChI is InChI=1S/C11H9N3O4/c15-10(16)11(17-8-3-1-2-5-13-8)18-9-4-6-12-7-14-9/h1-7,11H,(H,15,16). The van der Waals surface area contributed by atoms with Crippen molar-refractivity contribution in [3.8, 4) is 11.8 Å². The summed E-state index contributed by atoms with van der Waals surface area (Å²) in [5, 5.41) is 8.97. The van der Waals surface area contributed by atoms with Gasteiger partial charge < -0.3 is 14.6 Å². The summed E-state index contributed by atoms with van der Waals surface area (Å²) in [6.07, 6.45) is 2.64. The van der Waals surface area contributed by atoms with Crippen LogP contribution in [-0.4, -0.2) is 32.3 Å². The van der Waals surface area contributed by atoms with Crippen LogP contribution in [0.1, 0.15) is 0 Å². The Bertz CT molecular complexity index is 465. The van der Waals surface area contributed by atoms with Gasteiger partial charge in [0.1, 0.15) is 6.33 Å². The van der Waals surface area contributed by atoms with Crippen molar-refractivity contribution in [2.75, 3.05) is 0 Å². The van der Waals surface area contributed by atoms with Gasteiger partial charge in [0.15, 0.2) is 0 Å². The van der Waals surface area contributed by atoms with Crippen molar-refractivity contribution in [1.82, 2.24) is 15.0 Å². The van der Waals surface area contributed by atoms with E-state index in [1.807, 2.05) is 0 Å². The topological polar surface area (TPSA) is 94.4 Å². The fourth-order valence-electron chi connectivity index (χ4n) is 1.11. The molecule has 1 N–H and O–H groups in total. The lowest BCUT2D eigenvalue weighted by molar-refractivity contribution is -0.159. The highest BCUT2D eigenvalue weighted by Gasteiger charge is 2.22. The van der Waals surface area contributed by atoms with E-state index >= 15 is 0 Å². The minimum Gasteiger partial charge on any atom is -0.476 e. The average molecular weight is 247 g/mol. The predicted molar refractivity (Wildman–Crippen MR) is 58.9 cm³/mol. The third-order valence-electron chi connectivity index (χ3n) is 1.85. The Labute approximate surface area is 102 Å². The first kappa shape index (κ1) is 11.8. The van der Waals surface area contributed by atoms with Gasteiger partial charge in [0, 0.05) is 24.5 Å². The van der Waals surface area contributed by atoms with E-state index < -0.39 is 12.3 Å². The van der Waals surface area contributed by atoms with Crippen molar-refractivity contribution in [3.63, 3.8) is 0 Å². The van der Waals surface area contributed by atoms with E-state index in [1.165, 1.54) is 30.9 Å². The Kier molecular flexibility index (Phi) is 3.65. The van der Waals surface area contributed by atoms with Gasteiger partial charge in [-0.3, -0.25) is 0 Å². The third-order valence-corrected chi connectivity index (χ3v) is 1.85. The van der Waals surface area contributed by atoms with Crippen molar-refractivity contribution >= 4 is 5.97 Å². The first-order valence-electron chi connectivity index (χ1n) is 4.99. The number of rotatable bonds is 5. The molecule has 1 unspecified atom stereocenters. The van der Waals surface area contributed by atoms with Crippen molar-refractivity contribution in [1.29, 1.82) is 0 Å². The van der Waals surface area contributed by atoms with E-state index in [1.54, 1.807) is 12.1 Å². The van der Waals surface area contributed by atoms with Crippen LogP contribution in [-0.2, 0) is 4.79 Å². The summed E-state index contributed by atoms with van der Waals surface area (Å²) in [5.74, 6) is -1.02. The van der Waals surface area contributed by atoms with Crippen LogP contribution in [0.25, 0.3) is 0 Å². The molecule has 18 heavy (non-hydrogen) atoms. The molecule has 0 aliphatic carbocycles. The lowest BCUT2D eigenvalue weighted by Crippen LogP contribution is -2.33. The molecule has 0 saturated carbocycles. The minimum absolute atomic E-state index is 0.105. The molecule has 0 spiro atoms. The summed E-state index contributed by atoms with van der Waals surface area (Å²) in [7, 11) is 0. The van der Waals surface area contributed by atoms with Crippen LogP contribution in [0.4, 0.5) is 0 Å². The van der Waals surface area contributed by atoms with Gasteiger partial charge in [0.2, 0.25) is 11.8 Å². The monoisotopic (exact) mass is 247 g/mol. The zero-order valence-corrected chi connectivity index (χ0v) is 9.13. The molecule has 1 atom stereocenters. The Morgan fingerprint density at radius 2 is 1.89 bits per heavy atom. The summed E-state index contributed by atoms with van der Waals surface area (Å²) >= 11 is 0. The van der Waals surface area contributed by atoms with Crippen LogP contribution in [0.3, 0.4) is 0 Å². The van der Waals surface area contributed by atoms with Crippen molar-refractivity contribution in [2.24, 2.45) is 0 Å². The smallest absolute Gasteiger partial charge is 0.387 e. The molecule has 0 amide bonds. The maximum Gasteiger partial charge on any atom is 0.387 e. The van der Waals surface area contributed by atoms with Gasteiger partial charge in [-0.15, -0.1) is 0 Å². The lowest BCUT2D eigenvalue weighted by Gasteiger charge is -2.14. The molecule has 0 aliphatic rings. The third kappa shape index (κ3) is 3.14. The van der Waals surface area contributed by atoms with Gasteiger partial charge >= 0.3 is 12.3 Å². The highest BCUT2D eigenvalue weighted by molar-refractivity contribution is 5.71. The molecule has 0 aromatic carbocycles. The molecule has 7 heteroatoms. The molecule has 2 aromatic heterocycles. The lowest BCUT2D eigenvalue weighted by atomic mass is 10.5. The number of nitrogens with zero attached hydrogens (tertiary/aromatic N) is 3. The molecule has 0 bridgehead atoms. The summed E-state index contributed by atoms with van der Waals surface area (Å²) in [6.45, 7) is 0. The van der Waals surface area contributed by atoms with Gasteiger partial charge in [0.05, 0.1) is 0 Å². The van der Waals surface area contributed by atoms with Gasteiger partial charge in [-0.25, -0.2) is 19.7 Å². The van der Waals surface area contributed by atoms with E-state index in [2.05, 4.69) is 15.0 Å². The molecule has 0 aliphatic heterocycles. The van der Waals surface area contributed by atoms with E-state index in [0.29, 0.717) is 0 Å². The number of carboxylic acid groups (broad SMARTS) is 1. The molecule has 2 rings (SSSR count). The SMILES string of the molecule is O=C(O)C(Oc1ccccn1)Oc1ccncn1. The van der Waals surface area contributed by atoms with Gasteiger partial charge in [-0.1, -0.05) is 6.07 Å². The average Bonchev–Trinajstić information content (AvgIpc) is 2.40. The molecule has 2 heterocycles. The van der Waals surface area contributed by atoms with Gasteiger partial charge in [-0.05, 0) is 6.07 Å². The maximum atomic E-state index is 11.0. The molecular formula is C11H9N3O4. The Morgan fingerprint density at radius 3 is 2.44 bits per heavy atom. The zero-order chi connectivity index (χ0) is 12.8. The summed E-state index contributed by atoms with van der Waals surface area (Å²) < 4.78 is 10.2. The highest BCUT2D eigenvalue weighted by Crippen LogP contribution is 2.11. The quantitative estimate of drug-likeness (QED) is 0.778. The second kappa shape index (κ2) is 5.58. The van der Waals surface area contributed by atoms with Crippen molar-refractivity contribution in [2.45, 2.75) is 6.29 Å². The molecule has 92 valence electrons. The Balaban J connectivity index is 2.08. The molecule has 0 radical (unpaired) electrons. The Morgan fingerprint density at radius 1 is 1.11 bits per heavy atom. The molecule has 7 nitrogen and oxygen atoms in total. The largest absolute Gasteiger partial charge is 0.476 e. The summed E-state index contributed by atoms with van der Waals surface area (Å²) in [6, 6.07) is 6.32. The van der Waals surface area contributed by atoms with Crippen molar-refractivity contribution in [3.05, 3.63) is 43.0 Å². The second-order valence-corrected chi connectivity index (χ2v) is 3.12. The van der Waals surface area contributed by atoms with Crippen LogP contribution < -0.4 is 9.47 Å². The molecule has 0 fully saturated rings. The summed E-state index contributed by atoms with van der Waals surface area (Å²) in [4.78, 5) is 22.3. The zero-order valence-electron chi connectivity index (χ0n) is 9.13. The first-order chi connectivity index (χ1) is 8.75. The fraction of sp³-hybridized carbons (Fsp3) is 0.0909. The van der Waals surface area contributed by atoms with E-state index in [9.17, 15) is 4.79 Å². The fourth-order valence-corrected chi connectivity index (χ4v) is 1.11. The number of aromatic nitrogens is 3. The number of hydrogen-bond acceptors (Lipinski definition) is 6. The number of ether oxygens (including phenoxy) is 2. The highest BCUT2D eigenvalue weighted by atomic mass is 16.7. The second-order valence-electron chi connectivity index (χ2n) is 3.12. The summed E-state index contributed by atoms with van der Waals surface area (Å²) in [5.41, 5.74) is 0. The first-order valence-corrected chi connectivity index (χ1v) is 4.99. The maximum absolute atomic E-state index is 11.0. The normalized spacial score (nSPS) is 11.6. The van der Waals surface area contributed by atoms with Crippen LogP contribution >= 0.6 is 0 Å². The van der Waals surface area contributed by atoms with Crippen LogP contribution in [0, 0.1) is 0 Å². The van der Waals surface area contributed by atoms with Crippen LogP contribution in [0.5, 0.6) is 11.8 Å².